The highest BCUT2D eigenvalue weighted by atomic mass is 35.5. The van der Waals surface area contributed by atoms with Gasteiger partial charge in [0, 0.05) is 29.7 Å². The van der Waals surface area contributed by atoms with Crippen LogP contribution in [-0.2, 0) is 24.9 Å². The molecule has 0 unspecified atom stereocenters. The molecule has 1 amide bonds. The number of benzene rings is 2. The van der Waals surface area contributed by atoms with Crippen LogP contribution in [0.2, 0.25) is 5.02 Å². The normalized spacial score (nSPS) is 12.1. The Morgan fingerprint density at radius 1 is 1.18 bits per heavy atom. The van der Waals surface area contributed by atoms with Gasteiger partial charge in [-0.1, -0.05) is 54.1 Å². The Hall–Kier alpha value is -2.97. The molecule has 4 rings (SSSR count). The third-order valence-electron chi connectivity index (χ3n) is 5.21. The molecule has 0 saturated carbocycles. The van der Waals surface area contributed by atoms with Crippen LogP contribution in [0.25, 0.3) is 10.2 Å². The molecule has 0 radical (unpaired) electrons. The number of aromatic nitrogens is 1. The Morgan fingerprint density at radius 2 is 1.91 bits per heavy atom. The summed E-state index contributed by atoms with van der Waals surface area (Å²) in [5, 5.41) is 14.1. The van der Waals surface area contributed by atoms with Crippen LogP contribution in [0.5, 0.6) is 0 Å². The van der Waals surface area contributed by atoms with Gasteiger partial charge in [0.2, 0.25) is 5.43 Å². The summed E-state index contributed by atoms with van der Waals surface area (Å²) < 4.78 is 7.46. The van der Waals surface area contributed by atoms with Crippen molar-refractivity contribution in [1.29, 1.82) is 0 Å². The van der Waals surface area contributed by atoms with Gasteiger partial charge < -0.3 is 19.7 Å². The van der Waals surface area contributed by atoms with Crippen LogP contribution >= 0.6 is 22.9 Å². The number of hydrogen-bond donors (Lipinski definition) is 2. The molecule has 0 spiro atoms. The number of nitrogens with one attached hydrogen (secondary N) is 1. The van der Waals surface area contributed by atoms with Crippen molar-refractivity contribution in [2.45, 2.75) is 19.3 Å². The standard InChI is InChI=1S/C25H23ClN2O4S/c1-28-13-21(24(31)27-12-16-7-9-18(26)10-8-16)23(30)20-11-19(33-25(20)28)14-32-15-22(29)17-5-3-2-4-6-17/h2-11,13,22,29H,12,14-15H2,1H3,(H,27,31)/t22-/m1/s1. The van der Waals surface area contributed by atoms with Gasteiger partial charge in [0.05, 0.1) is 18.6 Å². The predicted octanol–water partition coefficient (Wildman–Crippen LogP) is 4.43. The van der Waals surface area contributed by atoms with Gasteiger partial charge >= 0.3 is 0 Å². The van der Waals surface area contributed by atoms with Crippen LogP contribution in [0.1, 0.15) is 32.5 Å². The number of aryl methyl sites for hydroxylation is 1. The van der Waals surface area contributed by atoms with Crippen molar-refractivity contribution in [2.24, 2.45) is 7.05 Å². The summed E-state index contributed by atoms with van der Waals surface area (Å²) in [5.74, 6) is -0.428. The SMILES string of the molecule is Cn1cc(C(=O)NCc2ccc(Cl)cc2)c(=O)c2cc(COC[C@@H](O)c3ccccc3)sc21. The van der Waals surface area contributed by atoms with Crippen LogP contribution in [0.3, 0.4) is 0 Å². The van der Waals surface area contributed by atoms with E-state index in [1.165, 1.54) is 11.3 Å². The monoisotopic (exact) mass is 482 g/mol. The van der Waals surface area contributed by atoms with Crippen molar-refractivity contribution >= 4 is 39.1 Å². The summed E-state index contributed by atoms with van der Waals surface area (Å²) in [6.45, 7) is 0.706. The Morgan fingerprint density at radius 3 is 2.64 bits per heavy atom. The minimum absolute atomic E-state index is 0.0868. The highest BCUT2D eigenvalue weighted by molar-refractivity contribution is 7.18. The maximum absolute atomic E-state index is 13.0. The van der Waals surface area contributed by atoms with Crippen molar-refractivity contribution < 1.29 is 14.6 Å². The second kappa shape index (κ2) is 10.3. The number of ether oxygens (including phenoxy) is 1. The van der Waals surface area contributed by atoms with Gasteiger partial charge in [0.1, 0.15) is 16.5 Å². The van der Waals surface area contributed by atoms with E-state index in [-0.39, 0.29) is 24.2 Å². The third-order valence-corrected chi connectivity index (χ3v) is 6.66. The summed E-state index contributed by atoms with van der Waals surface area (Å²) in [6, 6.07) is 18.2. The number of halogens is 1. The fourth-order valence-corrected chi connectivity index (χ4v) is 4.62. The largest absolute Gasteiger partial charge is 0.386 e. The van der Waals surface area contributed by atoms with Crippen LogP contribution < -0.4 is 10.7 Å². The van der Waals surface area contributed by atoms with Crippen LogP contribution in [-0.4, -0.2) is 22.2 Å². The van der Waals surface area contributed by atoms with Crippen molar-refractivity contribution in [2.75, 3.05) is 6.61 Å². The second-order valence-electron chi connectivity index (χ2n) is 7.67. The fourth-order valence-electron chi connectivity index (χ4n) is 3.47. The number of pyridine rings is 1. The average Bonchev–Trinajstić information content (AvgIpc) is 3.26. The maximum Gasteiger partial charge on any atom is 0.257 e. The molecule has 0 fully saturated rings. The molecular formula is C25H23ClN2O4S. The number of nitrogens with zero attached hydrogens (tertiary/aromatic N) is 1. The van der Waals surface area contributed by atoms with Crippen LogP contribution in [0.4, 0.5) is 0 Å². The quantitative estimate of drug-likeness (QED) is 0.389. The number of rotatable bonds is 8. The number of amides is 1. The number of aliphatic hydroxyl groups is 1. The molecule has 1 atom stereocenters. The summed E-state index contributed by atoms with van der Waals surface area (Å²) in [5.41, 5.74) is 1.45. The molecule has 0 bridgehead atoms. The van der Waals surface area contributed by atoms with E-state index in [2.05, 4.69) is 5.32 Å². The molecule has 33 heavy (non-hydrogen) atoms. The topological polar surface area (TPSA) is 80.6 Å². The molecule has 2 aromatic carbocycles. The Bertz CT molecular complexity index is 1320. The number of fused-ring (bicyclic) bond motifs is 1. The molecule has 0 aliphatic carbocycles. The van der Waals surface area contributed by atoms with Crippen molar-refractivity contribution in [3.05, 3.63) is 104 Å². The highest BCUT2D eigenvalue weighted by Crippen LogP contribution is 2.24. The molecule has 0 saturated heterocycles. The lowest BCUT2D eigenvalue weighted by Crippen LogP contribution is -2.29. The van der Waals surface area contributed by atoms with Crippen LogP contribution in [0, 0.1) is 0 Å². The summed E-state index contributed by atoms with van der Waals surface area (Å²) in [7, 11) is 1.80. The number of hydrogen-bond acceptors (Lipinski definition) is 5. The lowest BCUT2D eigenvalue weighted by molar-refractivity contribution is 0.0287. The first-order valence-electron chi connectivity index (χ1n) is 10.4. The minimum Gasteiger partial charge on any atom is -0.386 e. The minimum atomic E-state index is -0.720. The van der Waals surface area contributed by atoms with E-state index >= 15 is 0 Å². The van der Waals surface area contributed by atoms with Crippen molar-refractivity contribution in [3.63, 3.8) is 0 Å². The Kier molecular flexibility index (Phi) is 7.25. The fraction of sp³-hybridized carbons (Fsp3) is 0.200. The first-order valence-corrected chi connectivity index (χ1v) is 11.6. The van der Waals surface area contributed by atoms with Gasteiger partial charge in [-0.15, -0.1) is 11.3 Å². The zero-order valence-corrected chi connectivity index (χ0v) is 19.5. The molecule has 2 heterocycles. The van der Waals surface area contributed by atoms with Gasteiger partial charge in [-0.3, -0.25) is 9.59 Å². The third kappa shape index (κ3) is 5.51. The lowest BCUT2D eigenvalue weighted by atomic mass is 10.1. The zero-order chi connectivity index (χ0) is 23.4. The Balaban J connectivity index is 1.44. The second-order valence-corrected chi connectivity index (χ2v) is 9.22. The first-order chi connectivity index (χ1) is 15.9. The maximum atomic E-state index is 13.0. The molecule has 2 N–H and O–H groups in total. The van der Waals surface area contributed by atoms with Crippen LogP contribution in [0.15, 0.2) is 71.7 Å². The summed E-state index contributed by atoms with van der Waals surface area (Å²) >= 11 is 7.32. The molecule has 0 aliphatic rings. The van der Waals surface area contributed by atoms with E-state index in [4.69, 9.17) is 16.3 Å². The summed E-state index contributed by atoms with van der Waals surface area (Å²) in [6.07, 6.45) is 0.838. The number of thiophene rings is 1. The van der Waals surface area contributed by atoms with Gasteiger partial charge in [0.15, 0.2) is 0 Å². The molecule has 170 valence electrons. The molecule has 8 heteroatoms. The van der Waals surface area contributed by atoms with E-state index in [0.717, 1.165) is 20.8 Å². The average molecular weight is 483 g/mol. The molecule has 0 aliphatic heterocycles. The van der Waals surface area contributed by atoms with Gasteiger partial charge in [-0.2, -0.15) is 0 Å². The number of carbonyl (C=O) groups is 1. The van der Waals surface area contributed by atoms with E-state index in [1.807, 2.05) is 42.5 Å². The number of aliphatic hydroxyl groups excluding tert-OH is 1. The van der Waals surface area contributed by atoms with Crippen molar-refractivity contribution in [3.8, 4) is 0 Å². The van der Waals surface area contributed by atoms with Gasteiger partial charge in [0.25, 0.3) is 5.91 Å². The van der Waals surface area contributed by atoms with Gasteiger partial charge in [-0.05, 0) is 29.3 Å². The highest BCUT2D eigenvalue weighted by Gasteiger charge is 2.17. The molecule has 4 aromatic rings. The van der Waals surface area contributed by atoms with Crippen molar-refractivity contribution in [1.82, 2.24) is 9.88 Å². The smallest absolute Gasteiger partial charge is 0.257 e. The number of carbonyl (C=O) groups excluding carboxylic acids is 1. The molecular weight excluding hydrogens is 460 g/mol. The molecule has 6 nitrogen and oxygen atoms in total. The predicted molar refractivity (Wildman–Crippen MR) is 131 cm³/mol. The Labute approximate surface area is 200 Å². The zero-order valence-electron chi connectivity index (χ0n) is 18.0. The van der Waals surface area contributed by atoms with E-state index in [9.17, 15) is 14.7 Å². The van der Waals surface area contributed by atoms with E-state index < -0.39 is 12.0 Å². The van der Waals surface area contributed by atoms with E-state index in [0.29, 0.717) is 17.0 Å². The first kappa shape index (κ1) is 23.2. The lowest BCUT2D eigenvalue weighted by Gasteiger charge is -2.10. The molecule has 2 aromatic heterocycles. The van der Waals surface area contributed by atoms with E-state index in [1.54, 1.807) is 36.0 Å². The van der Waals surface area contributed by atoms with Gasteiger partial charge in [-0.25, -0.2) is 0 Å². The summed E-state index contributed by atoms with van der Waals surface area (Å²) in [4.78, 5) is 27.3.